The van der Waals surface area contributed by atoms with Crippen LogP contribution in [0.25, 0.3) is 0 Å². The molecule has 0 bridgehead atoms. The quantitative estimate of drug-likeness (QED) is 0.840. The first-order valence-electron chi connectivity index (χ1n) is 7.78. The van der Waals surface area contributed by atoms with Crippen LogP contribution in [-0.2, 0) is 4.74 Å². The van der Waals surface area contributed by atoms with E-state index in [2.05, 4.69) is 19.2 Å². The molecule has 1 heterocycles. The highest BCUT2D eigenvalue weighted by molar-refractivity contribution is 5.94. The van der Waals surface area contributed by atoms with Gasteiger partial charge in [0.15, 0.2) is 0 Å². The van der Waals surface area contributed by atoms with Crippen molar-refractivity contribution in [3.05, 3.63) is 29.8 Å². The van der Waals surface area contributed by atoms with Gasteiger partial charge >= 0.3 is 0 Å². The summed E-state index contributed by atoms with van der Waals surface area (Å²) < 4.78 is 11.1. The largest absolute Gasteiger partial charge is 0.494 e. The molecule has 1 unspecified atom stereocenters. The van der Waals surface area contributed by atoms with Gasteiger partial charge < -0.3 is 14.8 Å². The van der Waals surface area contributed by atoms with Crippen molar-refractivity contribution in [1.82, 2.24) is 5.32 Å². The Kier molecular flexibility index (Phi) is 6.05. The zero-order valence-corrected chi connectivity index (χ0v) is 12.9. The number of hydrogen-bond donors (Lipinski definition) is 1. The fraction of sp³-hybridized carbons (Fsp3) is 0.588. The minimum atomic E-state index is -0.0563. The maximum absolute atomic E-state index is 12.0. The van der Waals surface area contributed by atoms with E-state index in [0.717, 1.165) is 31.6 Å². The van der Waals surface area contributed by atoms with Crippen molar-refractivity contribution in [2.24, 2.45) is 5.92 Å². The van der Waals surface area contributed by atoms with Crippen LogP contribution >= 0.6 is 0 Å². The van der Waals surface area contributed by atoms with Crippen molar-refractivity contribution in [3.8, 4) is 5.75 Å². The van der Waals surface area contributed by atoms with E-state index in [-0.39, 0.29) is 12.0 Å². The molecule has 21 heavy (non-hydrogen) atoms. The average molecular weight is 291 g/mol. The lowest BCUT2D eigenvalue weighted by atomic mass is 10.1. The second kappa shape index (κ2) is 8.03. The highest BCUT2D eigenvalue weighted by atomic mass is 16.5. The molecule has 0 aliphatic carbocycles. The number of carbonyl (C=O) groups excluding carboxylic acids is 1. The van der Waals surface area contributed by atoms with E-state index in [1.54, 1.807) is 12.1 Å². The minimum Gasteiger partial charge on any atom is -0.494 e. The average Bonchev–Trinajstić information content (AvgIpc) is 2.98. The molecule has 2 rings (SSSR count). The van der Waals surface area contributed by atoms with E-state index in [9.17, 15) is 4.79 Å². The van der Waals surface area contributed by atoms with Crippen molar-refractivity contribution in [3.63, 3.8) is 0 Å². The Morgan fingerprint density at radius 2 is 2.14 bits per heavy atom. The summed E-state index contributed by atoms with van der Waals surface area (Å²) in [6.07, 6.45) is 3.32. The van der Waals surface area contributed by atoms with E-state index in [0.29, 0.717) is 24.6 Å². The summed E-state index contributed by atoms with van der Waals surface area (Å²) in [5.41, 5.74) is 0.657. The van der Waals surface area contributed by atoms with Gasteiger partial charge in [-0.25, -0.2) is 0 Å². The molecule has 1 N–H and O–H groups in total. The number of benzene rings is 1. The van der Waals surface area contributed by atoms with Crippen LogP contribution in [0, 0.1) is 5.92 Å². The molecule has 1 aromatic carbocycles. The van der Waals surface area contributed by atoms with Crippen LogP contribution in [0.5, 0.6) is 5.75 Å². The number of amides is 1. The highest BCUT2D eigenvalue weighted by Crippen LogP contribution is 2.14. The van der Waals surface area contributed by atoms with Gasteiger partial charge in [-0.3, -0.25) is 4.79 Å². The van der Waals surface area contributed by atoms with E-state index in [1.165, 1.54) is 0 Å². The molecule has 1 aliphatic heterocycles. The molecule has 116 valence electrons. The van der Waals surface area contributed by atoms with Crippen molar-refractivity contribution >= 4 is 5.91 Å². The first kappa shape index (κ1) is 15.8. The molecule has 4 nitrogen and oxygen atoms in total. The number of carbonyl (C=O) groups is 1. The summed E-state index contributed by atoms with van der Waals surface area (Å²) in [6, 6.07) is 7.30. The number of nitrogens with one attached hydrogen (secondary N) is 1. The molecular weight excluding hydrogens is 266 g/mol. The molecule has 1 atom stereocenters. The SMILES string of the molecule is CC(C)CCOc1ccc(C(=O)NCC2CCCO2)cc1. The molecule has 1 fully saturated rings. The topological polar surface area (TPSA) is 47.6 Å². The van der Waals surface area contributed by atoms with Crippen LogP contribution in [0.3, 0.4) is 0 Å². The van der Waals surface area contributed by atoms with Gasteiger partial charge in [0.05, 0.1) is 12.7 Å². The Balaban J connectivity index is 1.76. The molecule has 0 spiro atoms. The van der Waals surface area contributed by atoms with Crippen molar-refractivity contribution in [1.29, 1.82) is 0 Å². The summed E-state index contributed by atoms with van der Waals surface area (Å²) in [5, 5.41) is 2.91. The first-order chi connectivity index (χ1) is 10.1. The van der Waals surface area contributed by atoms with Gasteiger partial charge in [-0.15, -0.1) is 0 Å². The van der Waals surface area contributed by atoms with Crippen molar-refractivity contribution in [2.75, 3.05) is 19.8 Å². The Morgan fingerprint density at radius 3 is 2.76 bits per heavy atom. The molecule has 4 heteroatoms. The van der Waals surface area contributed by atoms with Crippen molar-refractivity contribution in [2.45, 2.75) is 39.2 Å². The van der Waals surface area contributed by atoms with Gasteiger partial charge in [0.2, 0.25) is 0 Å². The first-order valence-corrected chi connectivity index (χ1v) is 7.78. The number of hydrogen-bond acceptors (Lipinski definition) is 3. The number of ether oxygens (including phenoxy) is 2. The fourth-order valence-electron chi connectivity index (χ4n) is 2.23. The standard InChI is InChI=1S/C17H25NO3/c1-13(2)9-11-21-15-7-5-14(6-8-15)17(19)18-12-16-4-3-10-20-16/h5-8,13,16H,3-4,9-12H2,1-2H3,(H,18,19). The summed E-state index contributed by atoms with van der Waals surface area (Å²) >= 11 is 0. The van der Waals surface area contributed by atoms with Gasteiger partial charge in [-0.05, 0) is 49.4 Å². The summed E-state index contributed by atoms with van der Waals surface area (Å²) in [6.45, 7) is 6.45. The fourth-order valence-corrected chi connectivity index (χ4v) is 2.23. The maximum atomic E-state index is 12.0. The lowest BCUT2D eigenvalue weighted by molar-refractivity contribution is 0.0857. The van der Waals surface area contributed by atoms with Crippen LogP contribution in [0.4, 0.5) is 0 Å². The van der Waals surface area contributed by atoms with Crippen LogP contribution in [0.2, 0.25) is 0 Å². The monoisotopic (exact) mass is 291 g/mol. The molecule has 0 saturated carbocycles. The van der Waals surface area contributed by atoms with E-state index >= 15 is 0 Å². The van der Waals surface area contributed by atoms with Gasteiger partial charge in [0.25, 0.3) is 5.91 Å². The van der Waals surface area contributed by atoms with Crippen LogP contribution < -0.4 is 10.1 Å². The molecule has 1 saturated heterocycles. The molecule has 1 amide bonds. The zero-order valence-electron chi connectivity index (χ0n) is 12.9. The summed E-state index contributed by atoms with van der Waals surface area (Å²) in [7, 11) is 0. The molecule has 0 radical (unpaired) electrons. The van der Waals surface area contributed by atoms with Crippen LogP contribution in [0.1, 0.15) is 43.5 Å². The van der Waals surface area contributed by atoms with E-state index in [1.807, 2.05) is 12.1 Å². The molecule has 1 aromatic rings. The third-order valence-electron chi connectivity index (χ3n) is 3.59. The Labute approximate surface area is 126 Å². The van der Waals surface area contributed by atoms with Gasteiger partial charge in [-0.1, -0.05) is 13.8 Å². The van der Waals surface area contributed by atoms with Gasteiger partial charge in [0, 0.05) is 18.7 Å². The predicted octanol–water partition coefficient (Wildman–Crippen LogP) is 3.02. The van der Waals surface area contributed by atoms with Crippen LogP contribution in [0.15, 0.2) is 24.3 Å². The van der Waals surface area contributed by atoms with E-state index in [4.69, 9.17) is 9.47 Å². The molecule has 0 aromatic heterocycles. The summed E-state index contributed by atoms with van der Waals surface area (Å²) in [5.74, 6) is 1.39. The summed E-state index contributed by atoms with van der Waals surface area (Å²) in [4.78, 5) is 12.0. The van der Waals surface area contributed by atoms with E-state index < -0.39 is 0 Å². The Morgan fingerprint density at radius 1 is 1.38 bits per heavy atom. The Hall–Kier alpha value is -1.55. The highest BCUT2D eigenvalue weighted by Gasteiger charge is 2.16. The molecular formula is C17H25NO3. The minimum absolute atomic E-state index is 0.0563. The lowest BCUT2D eigenvalue weighted by Gasteiger charge is -2.11. The maximum Gasteiger partial charge on any atom is 0.251 e. The smallest absolute Gasteiger partial charge is 0.251 e. The second-order valence-electron chi connectivity index (χ2n) is 5.90. The second-order valence-corrected chi connectivity index (χ2v) is 5.90. The zero-order chi connectivity index (χ0) is 15.1. The predicted molar refractivity (Wildman–Crippen MR) is 82.7 cm³/mol. The molecule has 1 aliphatic rings. The third-order valence-corrected chi connectivity index (χ3v) is 3.59. The Bertz CT molecular complexity index is 436. The van der Waals surface area contributed by atoms with Gasteiger partial charge in [-0.2, -0.15) is 0 Å². The number of rotatable bonds is 7. The van der Waals surface area contributed by atoms with Crippen LogP contribution in [-0.4, -0.2) is 31.8 Å². The normalized spacial score (nSPS) is 18.0. The lowest BCUT2D eigenvalue weighted by Crippen LogP contribution is -2.31. The van der Waals surface area contributed by atoms with Gasteiger partial charge in [0.1, 0.15) is 5.75 Å². The third kappa shape index (κ3) is 5.38. The van der Waals surface area contributed by atoms with Crippen molar-refractivity contribution < 1.29 is 14.3 Å².